The van der Waals surface area contributed by atoms with Gasteiger partial charge in [0.25, 0.3) is 5.91 Å². The molecule has 0 radical (unpaired) electrons. The number of carbonyl (C=O) groups excluding carboxylic acids is 1. The van der Waals surface area contributed by atoms with E-state index in [4.69, 9.17) is 9.47 Å². The molecule has 0 fully saturated rings. The molecule has 6 heteroatoms. The van der Waals surface area contributed by atoms with Crippen LogP contribution in [0.4, 0.5) is 0 Å². The van der Waals surface area contributed by atoms with E-state index in [2.05, 4.69) is 44.8 Å². The zero-order valence-electron chi connectivity index (χ0n) is 13.0. The molecule has 0 atom stereocenters. The Bertz CT molecular complexity index is 807. The van der Waals surface area contributed by atoms with Crippen LogP contribution in [-0.2, 0) is 19.6 Å². The van der Waals surface area contributed by atoms with E-state index < -0.39 is 0 Å². The van der Waals surface area contributed by atoms with Gasteiger partial charge in [-0.2, -0.15) is 0 Å². The van der Waals surface area contributed by atoms with Crippen LogP contribution in [0.2, 0.25) is 0 Å². The van der Waals surface area contributed by atoms with Crippen LogP contribution in [0.25, 0.3) is 0 Å². The molecule has 0 aromatic heterocycles. The lowest BCUT2D eigenvalue weighted by Crippen LogP contribution is -2.23. The fourth-order valence-corrected chi connectivity index (χ4v) is 3.54. The molecule has 4 rings (SSSR count). The van der Waals surface area contributed by atoms with Gasteiger partial charge in [0.15, 0.2) is 11.5 Å². The summed E-state index contributed by atoms with van der Waals surface area (Å²) in [7, 11) is 0. The Kier molecular flexibility index (Phi) is 4.16. The molecule has 2 aliphatic heterocycles. The van der Waals surface area contributed by atoms with Crippen molar-refractivity contribution in [2.75, 3.05) is 13.2 Å². The number of nitrogens with one attached hydrogen (secondary N) is 2. The van der Waals surface area contributed by atoms with E-state index in [0.29, 0.717) is 36.8 Å². The maximum Gasteiger partial charge on any atom is 0.251 e. The monoisotopic (exact) mass is 388 g/mol. The third kappa shape index (κ3) is 2.99. The van der Waals surface area contributed by atoms with Crippen LogP contribution in [-0.4, -0.2) is 19.1 Å². The van der Waals surface area contributed by atoms with E-state index in [9.17, 15) is 4.79 Å². The van der Waals surface area contributed by atoms with Crippen molar-refractivity contribution in [1.29, 1.82) is 0 Å². The number of rotatable bonds is 3. The van der Waals surface area contributed by atoms with E-state index in [1.54, 1.807) is 12.1 Å². The second-order valence-corrected chi connectivity index (χ2v) is 6.73. The smallest absolute Gasteiger partial charge is 0.251 e. The minimum absolute atomic E-state index is 0.133. The molecule has 0 unspecified atom stereocenters. The number of hydrogen-bond donors (Lipinski definition) is 2. The fraction of sp³-hybridized carbons (Fsp3) is 0.278. The number of fused-ring (bicyclic) bond motifs is 2. The van der Waals surface area contributed by atoms with Crippen LogP contribution in [0.5, 0.6) is 11.5 Å². The van der Waals surface area contributed by atoms with Gasteiger partial charge in [-0.05, 0) is 44.8 Å². The molecule has 124 valence electrons. The Balaban J connectivity index is 1.47. The van der Waals surface area contributed by atoms with Crippen LogP contribution in [0.1, 0.15) is 27.0 Å². The lowest BCUT2D eigenvalue weighted by atomic mass is 10.1. The standard InChI is InChI=1S/C18H17BrN2O3/c19-15-6-13(7-16-17(15)24-4-3-23-16)18(22)21-8-11-1-2-12-9-20-10-14(12)5-11/h1-2,5-7,20H,3-4,8-10H2,(H,21,22). The van der Waals surface area contributed by atoms with Crippen molar-refractivity contribution in [1.82, 2.24) is 10.6 Å². The summed E-state index contributed by atoms with van der Waals surface area (Å²) in [5.74, 6) is 1.12. The summed E-state index contributed by atoms with van der Waals surface area (Å²) in [6.45, 7) is 3.33. The van der Waals surface area contributed by atoms with Gasteiger partial charge in [0.1, 0.15) is 13.2 Å². The van der Waals surface area contributed by atoms with Crippen LogP contribution in [0.3, 0.4) is 0 Å². The Morgan fingerprint density at radius 1 is 1.12 bits per heavy atom. The molecule has 0 saturated heterocycles. The van der Waals surface area contributed by atoms with E-state index in [1.165, 1.54) is 11.1 Å². The van der Waals surface area contributed by atoms with Gasteiger partial charge in [-0.1, -0.05) is 18.2 Å². The molecule has 2 aromatic rings. The summed E-state index contributed by atoms with van der Waals surface area (Å²) in [5.41, 5.74) is 4.29. The first-order valence-electron chi connectivity index (χ1n) is 7.89. The quantitative estimate of drug-likeness (QED) is 0.848. The van der Waals surface area contributed by atoms with Crippen LogP contribution < -0.4 is 20.1 Å². The van der Waals surface area contributed by atoms with E-state index in [-0.39, 0.29) is 5.91 Å². The molecule has 0 aliphatic carbocycles. The molecule has 2 N–H and O–H groups in total. The van der Waals surface area contributed by atoms with Gasteiger partial charge in [-0.25, -0.2) is 0 Å². The summed E-state index contributed by atoms with van der Waals surface area (Å²) in [6, 6.07) is 9.81. The number of ether oxygens (including phenoxy) is 2. The lowest BCUT2D eigenvalue weighted by Gasteiger charge is -2.20. The second kappa shape index (κ2) is 6.45. The minimum Gasteiger partial charge on any atom is -0.486 e. The highest BCUT2D eigenvalue weighted by atomic mass is 79.9. The Hall–Kier alpha value is -2.05. The fourth-order valence-electron chi connectivity index (χ4n) is 2.98. The first-order valence-corrected chi connectivity index (χ1v) is 8.69. The van der Waals surface area contributed by atoms with E-state index in [0.717, 1.165) is 23.1 Å². The van der Waals surface area contributed by atoms with Crippen molar-refractivity contribution in [3.05, 3.63) is 57.1 Å². The topological polar surface area (TPSA) is 59.6 Å². The molecule has 2 aromatic carbocycles. The third-order valence-electron chi connectivity index (χ3n) is 4.21. The van der Waals surface area contributed by atoms with Gasteiger partial charge >= 0.3 is 0 Å². The van der Waals surface area contributed by atoms with Gasteiger partial charge in [0.2, 0.25) is 0 Å². The second-order valence-electron chi connectivity index (χ2n) is 5.87. The first kappa shape index (κ1) is 15.5. The van der Waals surface area contributed by atoms with Crippen molar-refractivity contribution in [3.8, 4) is 11.5 Å². The lowest BCUT2D eigenvalue weighted by molar-refractivity contribution is 0.0949. The zero-order chi connectivity index (χ0) is 16.5. The third-order valence-corrected chi connectivity index (χ3v) is 4.80. The summed E-state index contributed by atoms with van der Waals surface area (Å²) in [6.07, 6.45) is 0. The highest BCUT2D eigenvalue weighted by Gasteiger charge is 2.19. The molecule has 2 aliphatic rings. The van der Waals surface area contributed by atoms with Gasteiger partial charge in [-0.15, -0.1) is 0 Å². The van der Waals surface area contributed by atoms with E-state index in [1.807, 2.05) is 0 Å². The Morgan fingerprint density at radius 2 is 1.96 bits per heavy atom. The van der Waals surface area contributed by atoms with Crippen molar-refractivity contribution in [2.45, 2.75) is 19.6 Å². The molecule has 5 nitrogen and oxygen atoms in total. The average Bonchev–Trinajstić information content (AvgIpc) is 3.07. The molecule has 1 amide bonds. The van der Waals surface area contributed by atoms with Gasteiger partial charge in [0.05, 0.1) is 4.47 Å². The van der Waals surface area contributed by atoms with Crippen molar-refractivity contribution in [2.24, 2.45) is 0 Å². The first-order chi connectivity index (χ1) is 11.7. The van der Waals surface area contributed by atoms with Crippen LogP contribution >= 0.6 is 15.9 Å². The minimum atomic E-state index is -0.133. The largest absolute Gasteiger partial charge is 0.486 e. The molecular formula is C18H17BrN2O3. The van der Waals surface area contributed by atoms with Crippen molar-refractivity contribution in [3.63, 3.8) is 0 Å². The van der Waals surface area contributed by atoms with Crippen molar-refractivity contribution >= 4 is 21.8 Å². The Labute approximate surface area is 148 Å². The number of amides is 1. The molecule has 0 bridgehead atoms. The normalized spacial score (nSPS) is 15.0. The summed E-state index contributed by atoms with van der Waals surface area (Å²) in [5, 5.41) is 6.29. The maximum absolute atomic E-state index is 12.4. The summed E-state index contributed by atoms with van der Waals surface area (Å²) < 4.78 is 11.8. The number of benzene rings is 2. The molecule has 24 heavy (non-hydrogen) atoms. The SMILES string of the molecule is O=C(NCc1ccc2c(c1)CNC2)c1cc(Br)c2c(c1)OCCO2. The van der Waals surface area contributed by atoms with Gasteiger partial charge in [0, 0.05) is 25.2 Å². The molecule has 0 spiro atoms. The van der Waals surface area contributed by atoms with E-state index >= 15 is 0 Å². The predicted molar refractivity (Wildman–Crippen MR) is 93.3 cm³/mol. The average molecular weight is 389 g/mol. The number of carbonyl (C=O) groups is 1. The van der Waals surface area contributed by atoms with Gasteiger partial charge in [-0.3, -0.25) is 4.79 Å². The summed E-state index contributed by atoms with van der Waals surface area (Å²) >= 11 is 3.44. The number of halogens is 1. The molecule has 0 saturated carbocycles. The highest BCUT2D eigenvalue weighted by molar-refractivity contribution is 9.10. The highest BCUT2D eigenvalue weighted by Crippen LogP contribution is 2.38. The molecule has 2 heterocycles. The predicted octanol–water partition coefficient (Wildman–Crippen LogP) is 2.75. The maximum atomic E-state index is 12.4. The van der Waals surface area contributed by atoms with Crippen LogP contribution in [0.15, 0.2) is 34.8 Å². The summed E-state index contributed by atoms with van der Waals surface area (Å²) in [4.78, 5) is 12.4. The molecular weight excluding hydrogens is 372 g/mol. The van der Waals surface area contributed by atoms with Crippen molar-refractivity contribution < 1.29 is 14.3 Å². The van der Waals surface area contributed by atoms with Gasteiger partial charge < -0.3 is 20.1 Å². The Morgan fingerprint density at radius 3 is 2.88 bits per heavy atom. The van der Waals surface area contributed by atoms with Crippen LogP contribution in [0, 0.1) is 0 Å². The zero-order valence-corrected chi connectivity index (χ0v) is 14.6. The number of hydrogen-bond acceptors (Lipinski definition) is 4.